The molecule has 1 aromatic carbocycles. The summed E-state index contributed by atoms with van der Waals surface area (Å²) in [5.41, 5.74) is 1.79. The highest BCUT2D eigenvalue weighted by molar-refractivity contribution is 7.16. The predicted octanol–water partition coefficient (Wildman–Crippen LogP) is 2.69. The lowest BCUT2D eigenvalue weighted by atomic mass is 10.3. The average Bonchev–Trinajstić information content (AvgIpc) is 3.20. The molecule has 0 saturated heterocycles. The summed E-state index contributed by atoms with van der Waals surface area (Å²) in [7, 11) is 0. The minimum absolute atomic E-state index is 0.0273. The number of benzene rings is 1. The van der Waals surface area contributed by atoms with Gasteiger partial charge in [-0.3, -0.25) is 9.36 Å². The lowest BCUT2D eigenvalue weighted by molar-refractivity contribution is 0.712. The van der Waals surface area contributed by atoms with E-state index in [9.17, 15) is 4.79 Å². The molecule has 0 unspecified atom stereocenters. The summed E-state index contributed by atoms with van der Waals surface area (Å²) in [6.07, 6.45) is 3.48. The first kappa shape index (κ1) is 13.0. The van der Waals surface area contributed by atoms with E-state index in [-0.39, 0.29) is 5.56 Å². The quantitative estimate of drug-likeness (QED) is 0.585. The van der Waals surface area contributed by atoms with E-state index in [2.05, 4.69) is 10.1 Å². The molecule has 6 heteroatoms. The summed E-state index contributed by atoms with van der Waals surface area (Å²) in [6, 6.07) is 13.6. The molecule has 0 atom stereocenters. The highest BCUT2D eigenvalue weighted by Crippen LogP contribution is 2.14. The zero-order valence-electron chi connectivity index (χ0n) is 11.6. The van der Waals surface area contributed by atoms with Crippen molar-refractivity contribution in [3.63, 3.8) is 0 Å². The molecule has 0 aliphatic heterocycles. The van der Waals surface area contributed by atoms with E-state index < -0.39 is 0 Å². The summed E-state index contributed by atoms with van der Waals surface area (Å²) in [5, 5.41) is 7.06. The van der Waals surface area contributed by atoms with Crippen LogP contribution in [0.5, 0.6) is 0 Å². The molecule has 0 aliphatic carbocycles. The van der Waals surface area contributed by atoms with Crippen LogP contribution in [0.4, 0.5) is 0 Å². The molecule has 22 heavy (non-hydrogen) atoms. The minimum Gasteiger partial charge on any atom is -0.293 e. The highest BCUT2D eigenvalue weighted by atomic mass is 32.1. The lowest BCUT2D eigenvalue weighted by Gasteiger charge is -2.03. The second-order valence-corrected chi connectivity index (χ2v) is 5.80. The van der Waals surface area contributed by atoms with Gasteiger partial charge in [-0.05, 0) is 29.6 Å². The van der Waals surface area contributed by atoms with Crippen LogP contribution in [-0.4, -0.2) is 19.3 Å². The standard InChI is InChI=1S/C16H12N4OS/c21-16-14-7-9-22-15(14)17-11-19(16)10-12-6-8-20(18-12)13-4-2-1-3-5-13/h1-9,11H,10H2. The maximum atomic E-state index is 12.4. The van der Waals surface area contributed by atoms with Crippen LogP contribution in [0.3, 0.4) is 0 Å². The third-order valence-corrected chi connectivity index (χ3v) is 4.27. The molecule has 0 aliphatic rings. The molecular weight excluding hydrogens is 296 g/mol. The van der Waals surface area contributed by atoms with E-state index in [1.807, 2.05) is 54.0 Å². The van der Waals surface area contributed by atoms with Crippen LogP contribution in [0.1, 0.15) is 5.69 Å². The van der Waals surface area contributed by atoms with Gasteiger partial charge in [0.15, 0.2) is 0 Å². The van der Waals surface area contributed by atoms with Crippen molar-refractivity contribution < 1.29 is 0 Å². The van der Waals surface area contributed by atoms with Crippen LogP contribution in [0.2, 0.25) is 0 Å². The summed E-state index contributed by atoms with van der Waals surface area (Å²) >= 11 is 1.47. The van der Waals surface area contributed by atoms with Gasteiger partial charge in [-0.15, -0.1) is 11.3 Å². The molecule has 108 valence electrons. The van der Waals surface area contributed by atoms with Crippen LogP contribution in [0, 0.1) is 0 Å². The molecule has 4 rings (SSSR count). The van der Waals surface area contributed by atoms with E-state index >= 15 is 0 Å². The molecule has 0 amide bonds. The van der Waals surface area contributed by atoms with Gasteiger partial charge in [0.2, 0.25) is 0 Å². The number of aromatic nitrogens is 4. The fourth-order valence-electron chi connectivity index (χ4n) is 2.35. The Morgan fingerprint density at radius 3 is 2.82 bits per heavy atom. The first-order valence-electron chi connectivity index (χ1n) is 6.84. The number of hydrogen-bond donors (Lipinski definition) is 0. The second kappa shape index (κ2) is 5.23. The van der Waals surface area contributed by atoms with Gasteiger partial charge >= 0.3 is 0 Å². The smallest absolute Gasteiger partial charge is 0.262 e. The number of hydrogen-bond acceptors (Lipinski definition) is 4. The van der Waals surface area contributed by atoms with Crippen LogP contribution in [0.15, 0.2) is 65.2 Å². The second-order valence-electron chi connectivity index (χ2n) is 4.90. The Balaban J connectivity index is 1.67. The third kappa shape index (κ3) is 2.23. The number of para-hydroxylation sites is 1. The van der Waals surface area contributed by atoms with Gasteiger partial charge in [-0.1, -0.05) is 18.2 Å². The molecule has 0 spiro atoms. The van der Waals surface area contributed by atoms with E-state index in [0.29, 0.717) is 11.9 Å². The van der Waals surface area contributed by atoms with Gasteiger partial charge in [-0.2, -0.15) is 5.10 Å². The first-order valence-corrected chi connectivity index (χ1v) is 7.72. The molecule has 0 saturated carbocycles. The topological polar surface area (TPSA) is 52.7 Å². The summed E-state index contributed by atoms with van der Waals surface area (Å²) in [5.74, 6) is 0. The minimum atomic E-state index is -0.0273. The van der Waals surface area contributed by atoms with Gasteiger partial charge in [0, 0.05) is 6.20 Å². The molecule has 0 fully saturated rings. The fraction of sp³-hybridized carbons (Fsp3) is 0.0625. The molecule has 3 aromatic heterocycles. The van der Waals surface area contributed by atoms with Crippen LogP contribution in [0.25, 0.3) is 15.9 Å². The zero-order valence-corrected chi connectivity index (χ0v) is 12.4. The number of thiophene rings is 1. The Hall–Kier alpha value is -2.73. The maximum Gasteiger partial charge on any atom is 0.262 e. The van der Waals surface area contributed by atoms with E-state index in [1.54, 1.807) is 15.6 Å². The van der Waals surface area contributed by atoms with Gasteiger partial charge in [-0.25, -0.2) is 9.67 Å². The van der Waals surface area contributed by atoms with Crippen molar-refractivity contribution in [2.24, 2.45) is 0 Å². The summed E-state index contributed by atoms with van der Waals surface area (Å²) in [4.78, 5) is 17.4. The number of rotatable bonds is 3. The van der Waals surface area contributed by atoms with Crippen molar-refractivity contribution in [2.45, 2.75) is 6.54 Å². The Morgan fingerprint density at radius 2 is 1.95 bits per heavy atom. The van der Waals surface area contributed by atoms with E-state index in [4.69, 9.17) is 0 Å². The summed E-state index contributed by atoms with van der Waals surface area (Å²) < 4.78 is 3.39. The monoisotopic (exact) mass is 308 g/mol. The number of nitrogens with zero attached hydrogens (tertiary/aromatic N) is 4. The van der Waals surface area contributed by atoms with Crippen molar-refractivity contribution in [3.05, 3.63) is 76.4 Å². The van der Waals surface area contributed by atoms with Gasteiger partial charge in [0.25, 0.3) is 5.56 Å². The Bertz CT molecular complexity index is 984. The third-order valence-electron chi connectivity index (χ3n) is 3.45. The Labute approximate surface area is 130 Å². The molecule has 4 aromatic rings. The SMILES string of the molecule is O=c1c2ccsc2ncn1Cc1ccn(-c2ccccc2)n1. The Kier molecular flexibility index (Phi) is 3.08. The van der Waals surface area contributed by atoms with Gasteiger partial charge < -0.3 is 0 Å². The molecular formula is C16H12N4OS. The van der Waals surface area contributed by atoms with Crippen molar-refractivity contribution in [3.8, 4) is 5.69 Å². The van der Waals surface area contributed by atoms with Gasteiger partial charge in [0.05, 0.1) is 29.6 Å². The fourth-order valence-corrected chi connectivity index (χ4v) is 3.07. The maximum absolute atomic E-state index is 12.4. The normalized spacial score (nSPS) is 11.1. The first-order chi connectivity index (χ1) is 10.8. The zero-order chi connectivity index (χ0) is 14.9. The Morgan fingerprint density at radius 1 is 1.09 bits per heavy atom. The van der Waals surface area contributed by atoms with Crippen molar-refractivity contribution in [1.82, 2.24) is 19.3 Å². The lowest BCUT2D eigenvalue weighted by Crippen LogP contribution is -2.20. The molecule has 0 bridgehead atoms. The molecule has 3 heterocycles. The largest absolute Gasteiger partial charge is 0.293 e. The van der Waals surface area contributed by atoms with Gasteiger partial charge in [0.1, 0.15) is 4.83 Å². The van der Waals surface area contributed by atoms with E-state index in [0.717, 1.165) is 16.2 Å². The molecule has 5 nitrogen and oxygen atoms in total. The summed E-state index contributed by atoms with van der Waals surface area (Å²) in [6.45, 7) is 0.414. The van der Waals surface area contributed by atoms with Crippen molar-refractivity contribution in [1.29, 1.82) is 0 Å². The van der Waals surface area contributed by atoms with Crippen molar-refractivity contribution >= 4 is 21.6 Å². The highest BCUT2D eigenvalue weighted by Gasteiger charge is 2.07. The molecule has 0 N–H and O–H groups in total. The number of fused-ring (bicyclic) bond motifs is 1. The van der Waals surface area contributed by atoms with Crippen LogP contribution >= 0.6 is 11.3 Å². The average molecular weight is 308 g/mol. The molecule has 0 radical (unpaired) electrons. The van der Waals surface area contributed by atoms with Crippen molar-refractivity contribution in [2.75, 3.05) is 0 Å². The van der Waals surface area contributed by atoms with Crippen LogP contribution < -0.4 is 5.56 Å². The van der Waals surface area contributed by atoms with E-state index in [1.165, 1.54) is 11.3 Å². The predicted molar refractivity (Wildman–Crippen MR) is 86.5 cm³/mol. The van der Waals surface area contributed by atoms with Crippen LogP contribution in [-0.2, 0) is 6.54 Å².